The summed E-state index contributed by atoms with van der Waals surface area (Å²) in [6.07, 6.45) is 8.26. The van der Waals surface area contributed by atoms with E-state index in [2.05, 4.69) is 86.8 Å². The molecule has 6 nitrogen and oxygen atoms in total. The predicted molar refractivity (Wildman–Crippen MR) is 190 cm³/mol. The van der Waals surface area contributed by atoms with Gasteiger partial charge in [0.2, 0.25) is 0 Å². The molecule has 248 valence electrons. The number of nitrogens with zero attached hydrogens (tertiary/aromatic N) is 1. The maximum absolute atomic E-state index is 13.8. The van der Waals surface area contributed by atoms with Crippen molar-refractivity contribution in [2.24, 2.45) is 0 Å². The lowest BCUT2D eigenvalue weighted by Crippen LogP contribution is -2.55. The van der Waals surface area contributed by atoms with Crippen molar-refractivity contribution in [1.82, 2.24) is 10.2 Å². The summed E-state index contributed by atoms with van der Waals surface area (Å²) in [5.41, 5.74) is 3.72. The van der Waals surface area contributed by atoms with E-state index in [0.717, 1.165) is 69.0 Å². The average Bonchev–Trinajstić information content (AvgIpc) is 3.05. The molecule has 46 heavy (non-hydrogen) atoms. The Balaban J connectivity index is 1.38. The minimum absolute atomic E-state index is 0.00175. The highest BCUT2D eigenvalue weighted by atomic mass is 32.2. The molecule has 0 saturated carbocycles. The topological polar surface area (TPSA) is 67.9 Å². The van der Waals surface area contributed by atoms with E-state index in [4.69, 9.17) is 8.92 Å². The third-order valence-electron chi connectivity index (χ3n) is 8.25. The first-order valence-corrected chi connectivity index (χ1v) is 17.8. The highest BCUT2D eigenvalue weighted by Crippen LogP contribution is 2.22. The van der Waals surface area contributed by atoms with Crippen molar-refractivity contribution in [3.63, 3.8) is 0 Å². The zero-order valence-electron chi connectivity index (χ0n) is 27.9. The van der Waals surface area contributed by atoms with E-state index in [0.29, 0.717) is 26.0 Å². The minimum Gasteiger partial charge on any atom is -0.461 e. The highest BCUT2D eigenvalue weighted by molar-refractivity contribution is 7.75. The first-order chi connectivity index (χ1) is 22.3. The number of carbonyl (C=O) groups excluding carboxylic acids is 2. The summed E-state index contributed by atoms with van der Waals surface area (Å²) >= 11 is 0.873. The Labute approximate surface area is 280 Å². The summed E-state index contributed by atoms with van der Waals surface area (Å²) in [5.74, 6) is -0.276. The third kappa shape index (κ3) is 12.8. The van der Waals surface area contributed by atoms with Crippen LogP contribution in [0, 0.1) is 0 Å². The van der Waals surface area contributed by atoms with Gasteiger partial charge >= 0.3 is 12.0 Å². The van der Waals surface area contributed by atoms with Gasteiger partial charge < -0.3 is 15.0 Å². The van der Waals surface area contributed by atoms with Gasteiger partial charge in [0.05, 0.1) is 6.04 Å². The van der Waals surface area contributed by atoms with E-state index in [9.17, 15) is 9.59 Å². The molecular formula is C39H53N2O4S+. The second-order valence-corrected chi connectivity index (χ2v) is 15.2. The Morgan fingerprint density at radius 2 is 1.37 bits per heavy atom. The van der Waals surface area contributed by atoms with Crippen molar-refractivity contribution >= 4 is 24.0 Å². The van der Waals surface area contributed by atoms with Crippen LogP contribution in [0.1, 0.15) is 82.4 Å². The Morgan fingerprint density at radius 3 is 1.91 bits per heavy atom. The molecule has 3 aromatic rings. The number of benzene rings is 3. The lowest BCUT2D eigenvalue weighted by atomic mass is 10.00. The number of aryl methyl sites for hydroxylation is 2. The predicted octanol–water partition coefficient (Wildman–Crippen LogP) is 7.66. The maximum atomic E-state index is 13.8. The number of thiol groups is 1. The van der Waals surface area contributed by atoms with Crippen molar-refractivity contribution in [1.29, 1.82) is 0 Å². The molecule has 1 aliphatic heterocycles. The molecule has 0 bridgehead atoms. The lowest BCUT2D eigenvalue weighted by molar-refractivity contribution is -0.156. The van der Waals surface area contributed by atoms with E-state index in [1.165, 1.54) is 11.1 Å². The number of piperidine rings is 1. The molecule has 0 aliphatic carbocycles. The number of hydrogen-bond donors (Lipinski definition) is 1. The average molecular weight is 646 g/mol. The van der Waals surface area contributed by atoms with E-state index in [-0.39, 0.29) is 28.9 Å². The number of likely N-dealkylation sites (tertiary alicyclic amines) is 1. The molecule has 1 fully saturated rings. The van der Waals surface area contributed by atoms with Crippen molar-refractivity contribution in [3.05, 3.63) is 108 Å². The Kier molecular flexibility index (Phi) is 14.5. The fraction of sp³-hybridized carbons (Fsp3) is 0.487. The van der Waals surface area contributed by atoms with Gasteiger partial charge in [0.25, 0.3) is 0 Å². The molecule has 1 heterocycles. The van der Waals surface area contributed by atoms with Gasteiger partial charge in [-0.25, -0.2) is 9.59 Å². The van der Waals surface area contributed by atoms with Crippen LogP contribution in [0.2, 0.25) is 0 Å². The van der Waals surface area contributed by atoms with Crippen LogP contribution in [0.15, 0.2) is 91.0 Å². The van der Waals surface area contributed by atoms with Crippen molar-refractivity contribution in [2.45, 2.75) is 108 Å². The highest BCUT2D eigenvalue weighted by Gasteiger charge is 2.35. The number of nitrogens with one attached hydrogen (secondary N) is 1. The summed E-state index contributed by atoms with van der Waals surface area (Å²) in [6.45, 7) is 7.31. The van der Waals surface area contributed by atoms with Gasteiger partial charge in [0, 0.05) is 6.54 Å². The fourth-order valence-corrected chi connectivity index (χ4v) is 6.55. The summed E-state index contributed by atoms with van der Waals surface area (Å²) in [6, 6.07) is 30.0. The molecule has 0 radical (unpaired) electrons. The van der Waals surface area contributed by atoms with Gasteiger partial charge in [0.1, 0.15) is 35.5 Å². The monoisotopic (exact) mass is 645 g/mol. The van der Waals surface area contributed by atoms with Crippen LogP contribution in [-0.2, 0) is 45.0 Å². The normalized spacial score (nSPS) is 15.8. The molecule has 4 rings (SSSR count). The second-order valence-electron chi connectivity index (χ2n) is 13.4. The van der Waals surface area contributed by atoms with Crippen LogP contribution in [-0.4, -0.2) is 53.0 Å². The standard InChI is InChI=1S/C39H52N2O4S/c1-39(2,3)46-44-30-34(29-33-21-11-6-12-22-33)40-38(43)41-28-14-13-27-36(41)37(42)45-35(25-15-23-31-17-7-4-8-18-31)26-16-24-32-19-9-5-10-20-32/h4-12,17-22,34-36H,13-16,23-30H2,1-3H3,(H,40,43)/p+1/t34-,36+/m1/s1. The van der Waals surface area contributed by atoms with E-state index in [1.807, 2.05) is 30.3 Å². The molecule has 2 amide bonds. The van der Waals surface area contributed by atoms with E-state index < -0.39 is 6.04 Å². The Bertz CT molecular complexity index is 1250. The van der Waals surface area contributed by atoms with Crippen LogP contribution in [0.25, 0.3) is 0 Å². The molecule has 1 N–H and O–H groups in total. The Morgan fingerprint density at radius 1 is 0.826 bits per heavy atom. The second kappa shape index (κ2) is 18.8. The van der Waals surface area contributed by atoms with Gasteiger partial charge in [0.15, 0.2) is 0 Å². The Hall–Kier alpha value is -3.29. The number of hydrogen-bond acceptors (Lipinski definition) is 4. The van der Waals surface area contributed by atoms with Gasteiger partial charge in [-0.1, -0.05) is 91.0 Å². The van der Waals surface area contributed by atoms with Gasteiger partial charge in [-0.2, -0.15) is 4.18 Å². The van der Waals surface area contributed by atoms with E-state index in [1.54, 1.807) is 4.90 Å². The van der Waals surface area contributed by atoms with Crippen LogP contribution in [0.4, 0.5) is 4.79 Å². The third-order valence-corrected chi connectivity index (χ3v) is 9.08. The molecule has 0 unspecified atom stereocenters. The van der Waals surface area contributed by atoms with Crippen molar-refractivity contribution in [3.8, 4) is 0 Å². The van der Waals surface area contributed by atoms with Gasteiger partial charge in [-0.3, -0.25) is 0 Å². The first kappa shape index (κ1) is 35.6. The smallest absolute Gasteiger partial charge is 0.329 e. The van der Waals surface area contributed by atoms with Crippen LogP contribution < -0.4 is 5.32 Å². The number of amides is 2. The number of carbonyl (C=O) groups is 2. The van der Waals surface area contributed by atoms with Crippen LogP contribution in [0.5, 0.6) is 0 Å². The lowest BCUT2D eigenvalue weighted by Gasteiger charge is -2.36. The summed E-state index contributed by atoms with van der Waals surface area (Å²) in [7, 11) is 0. The van der Waals surface area contributed by atoms with Gasteiger partial charge in [-0.15, -0.1) is 0 Å². The largest absolute Gasteiger partial charge is 0.461 e. The van der Waals surface area contributed by atoms with Gasteiger partial charge in [-0.05, 0) is 102 Å². The molecule has 2 atom stereocenters. The summed E-state index contributed by atoms with van der Waals surface area (Å²) in [4.78, 5) is 29.3. The van der Waals surface area contributed by atoms with E-state index >= 15 is 0 Å². The zero-order chi connectivity index (χ0) is 32.6. The molecule has 7 heteroatoms. The fourth-order valence-electron chi connectivity index (χ4n) is 5.91. The molecule has 0 spiro atoms. The maximum Gasteiger partial charge on any atom is 0.329 e. The summed E-state index contributed by atoms with van der Waals surface area (Å²) in [5, 5.41) is 3.21. The molecule has 3 aromatic carbocycles. The molecule has 1 saturated heterocycles. The number of urea groups is 1. The van der Waals surface area contributed by atoms with Crippen LogP contribution in [0.3, 0.4) is 0 Å². The quantitative estimate of drug-likeness (QED) is 0.0987. The van der Waals surface area contributed by atoms with Crippen molar-refractivity contribution in [2.75, 3.05) is 13.2 Å². The molecular weight excluding hydrogens is 593 g/mol. The first-order valence-electron chi connectivity index (χ1n) is 17.0. The summed E-state index contributed by atoms with van der Waals surface area (Å²) < 4.78 is 12.3. The number of ether oxygens (including phenoxy) is 1. The minimum atomic E-state index is -0.578. The zero-order valence-corrected chi connectivity index (χ0v) is 28.8. The molecule has 0 aromatic heterocycles. The SMILES string of the molecule is CC(C)(C)[SH+]OC[C@@H](Cc1ccccc1)NC(=O)N1CCCC[C@H]1C(=O)OC(CCCc1ccccc1)CCCc1ccccc1. The number of esters is 1. The van der Waals surface area contributed by atoms with Crippen LogP contribution >= 0.6 is 0 Å². The van der Waals surface area contributed by atoms with Crippen molar-refractivity contribution < 1.29 is 18.5 Å². The number of rotatable bonds is 16. The molecule has 1 aliphatic rings.